The topological polar surface area (TPSA) is 41.3 Å². The first-order valence-electron chi connectivity index (χ1n) is 10.6. The summed E-state index contributed by atoms with van der Waals surface area (Å²) in [4.78, 5) is 2.52. The van der Waals surface area contributed by atoms with Crippen LogP contribution in [0.2, 0.25) is 0 Å². The highest BCUT2D eigenvalue weighted by Gasteiger charge is 2.29. The average molecular weight is 386 g/mol. The van der Waals surface area contributed by atoms with E-state index in [0.29, 0.717) is 11.8 Å². The van der Waals surface area contributed by atoms with Crippen LogP contribution >= 0.6 is 0 Å². The van der Waals surface area contributed by atoms with E-state index in [1.54, 1.807) is 0 Å². The van der Waals surface area contributed by atoms with Gasteiger partial charge in [-0.2, -0.15) is 0 Å². The van der Waals surface area contributed by atoms with Gasteiger partial charge in [0.2, 0.25) is 0 Å². The van der Waals surface area contributed by atoms with Gasteiger partial charge in [-0.15, -0.1) is 0 Å². The van der Waals surface area contributed by atoms with Crippen molar-refractivity contribution < 1.29 is 0 Å². The van der Waals surface area contributed by atoms with E-state index in [-0.39, 0.29) is 0 Å². The lowest BCUT2D eigenvalue weighted by Crippen LogP contribution is -2.33. The first-order valence-corrected chi connectivity index (χ1v) is 10.6. The summed E-state index contributed by atoms with van der Waals surface area (Å²) in [5.41, 5.74) is 12.1. The maximum absolute atomic E-state index is 6.04. The fourth-order valence-electron chi connectivity index (χ4n) is 4.37. The zero-order valence-corrected chi connectivity index (χ0v) is 17.2. The van der Waals surface area contributed by atoms with Crippen molar-refractivity contribution in [3.8, 4) is 0 Å². The third-order valence-electron chi connectivity index (χ3n) is 6.00. The summed E-state index contributed by atoms with van der Waals surface area (Å²) < 4.78 is 0. The van der Waals surface area contributed by atoms with Gasteiger partial charge in [0.15, 0.2) is 0 Å². The van der Waals surface area contributed by atoms with Gasteiger partial charge in [-0.1, -0.05) is 60.2 Å². The standard InChI is InChI=1S/C26H31N3/c1-20-10-12-26(13-11-20)29(18-22-8-5-9-25(27)15-22)19-24-17-28-16-23(24)14-21-6-3-2-4-7-21/h2-13,15,23-24,28H,14,16-19,27H2,1H3/t23-,24+/m0/s1. The van der Waals surface area contributed by atoms with Crippen LogP contribution in [-0.2, 0) is 13.0 Å². The second kappa shape index (κ2) is 9.15. The largest absolute Gasteiger partial charge is 0.399 e. The zero-order valence-electron chi connectivity index (χ0n) is 17.2. The fourth-order valence-corrected chi connectivity index (χ4v) is 4.37. The summed E-state index contributed by atoms with van der Waals surface area (Å²) in [5.74, 6) is 1.28. The van der Waals surface area contributed by atoms with E-state index in [2.05, 4.69) is 83.9 Å². The Bertz CT molecular complexity index is 905. The summed E-state index contributed by atoms with van der Waals surface area (Å²) >= 11 is 0. The molecule has 3 heteroatoms. The lowest BCUT2D eigenvalue weighted by Gasteiger charge is -2.30. The molecule has 2 atom stereocenters. The molecule has 0 amide bonds. The molecule has 4 rings (SSSR count). The van der Waals surface area contributed by atoms with Gasteiger partial charge in [-0.3, -0.25) is 0 Å². The third kappa shape index (κ3) is 5.18. The summed E-state index contributed by atoms with van der Waals surface area (Å²) in [6.07, 6.45) is 1.14. The smallest absolute Gasteiger partial charge is 0.0430 e. The molecule has 1 heterocycles. The molecule has 0 unspecified atom stereocenters. The number of nitrogen functional groups attached to an aromatic ring is 1. The highest BCUT2D eigenvalue weighted by atomic mass is 15.1. The van der Waals surface area contributed by atoms with E-state index < -0.39 is 0 Å². The Morgan fingerprint density at radius 2 is 1.59 bits per heavy atom. The van der Waals surface area contributed by atoms with Crippen molar-refractivity contribution in [2.75, 3.05) is 30.3 Å². The quantitative estimate of drug-likeness (QED) is 0.581. The summed E-state index contributed by atoms with van der Waals surface area (Å²) in [6.45, 7) is 6.24. The minimum absolute atomic E-state index is 0.623. The molecule has 1 fully saturated rings. The molecule has 1 aliphatic rings. The number of benzene rings is 3. The van der Waals surface area contributed by atoms with Gasteiger partial charge < -0.3 is 16.0 Å². The summed E-state index contributed by atoms with van der Waals surface area (Å²) in [7, 11) is 0. The second-order valence-electron chi connectivity index (χ2n) is 8.33. The van der Waals surface area contributed by atoms with E-state index in [1.807, 2.05) is 12.1 Å². The predicted molar refractivity (Wildman–Crippen MR) is 123 cm³/mol. The molecule has 0 radical (unpaired) electrons. The molecule has 0 bridgehead atoms. The number of aryl methyl sites for hydroxylation is 1. The van der Waals surface area contributed by atoms with Crippen molar-refractivity contribution in [3.63, 3.8) is 0 Å². The molecule has 3 aromatic carbocycles. The lowest BCUT2D eigenvalue weighted by atomic mass is 9.89. The summed E-state index contributed by atoms with van der Waals surface area (Å²) in [6, 6.07) is 28.1. The Morgan fingerprint density at radius 3 is 2.34 bits per heavy atom. The number of hydrogen-bond donors (Lipinski definition) is 2. The van der Waals surface area contributed by atoms with E-state index in [0.717, 1.165) is 38.3 Å². The molecular weight excluding hydrogens is 354 g/mol. The summed E-state index contributed by atoms with van der Waals surface area (Å²) in [5, 5.41) is 3.63. The average Bonchev–Trinajstić information content (AvgIpc) is 3.15. The Morgan fingerprint density at radius 1 is 0.862 bits per heavy atom. The third-order valence-corrected chi connectivity index (χ3v) is 6.00. The van der Waals surface area contributed by atoms with Crippen molar-refractivity contribution in [3.05, 3.63) is 95.6 Å². The predicted octanol–water partition coefficient (Wildman–Crippen LogP) is 4.66. The molecule has 3 N–H and O–H groups in total. The van der Waals surface area contributed by atoms with E-state index in [9.17, 15) is 0 Å². The molecule has 0 saturated carbocycles. The molecule has 0 aromatic heterocycles. The first kappa shape index (κ1) is 19.5. The minimum Gasteiger partial charge on any atom is -0.399 e. The van der Waals surface area contributed by atoms with Crippen molar-refractivity contribution in [2.45, 2.75) is 19.9 Å². The molecule has 0 spiro atoms. The highest BCUT2D eigenvalue weighted by Crippen LogP contribution is 2.27. The van der Waals surface area contributed by atoms with Crippen LogP contribution in [0.1, 0.15) is 16.7 Å². The Hall–Kier alpha value is -2.78. The maximum Gasteiger partial charge on any atom is 0.0430 e. The van der Waals surface area contributed by atoms with E-state index in [1.165, 1.54) is 22.4 Å². The Kier molecular flexibility index (Phi) is 6.16. The number of nitrogens with one attached hydrogen (secondary N) is 1. The molecule has 29 heavy (non-hydrogen) atoms. The van der Waals surface area contributed by atoms with Crippen LogP contribution in [0.15, 0.2) is 78.9 Å². The number of rotatable bonds is 7. The number of hydrogen-bond acceptors (Lipinski definition) is 3. The minimum atomic E-state index is 0.623. The second-order valence-corrected chi connectivity index (χ2v) is 8.33. The number of nitrogens with zero attached hydrogens (tertiary/aromatic N) is 1. The molecule has 150 valence electrons. The zero-order chi connectivity index (χ0) is 20.1. The van der Waals surface area contributed by atoms with Crippen LogP contribution in [0.5, 0.6) is 0 Å². The van der Waals surface area contributed by atoms with Gasteiger partial charge in [0.25, 0.3) is 0 Å². The molecular formula is C26H31N3. The highest BCUT2D eigenvalue weighted by molar-refractivity contribution is 5.49. The Balaban J connectivity index is 1.53. The van der Waals surface area contributed by atoms with Gasteiger partial charge in [0.05, 0.1) is 0 Å². The maximum atomic E-state index is 6.04. The van der Waals surface area contributed by atoms with Gasteiger partial charge in [0.1, 0.15) is 0 Å². The first-order chi connectivity index (χ1) is 14.2. The van der Waals surface area contributed by atoms with Crippen LogP contribution in [-0.4, -0.2) is 19.6 Å². The van der Waals surface area contributed by atoms with Crippen molar-refractivity contribution in [2.24, 2.45) is 11.8 Å². The van der Waals surface area contributed by atoms with Crippen LogP contribution in [0, 0.1) is 18.8 Å². The van der Waals surface area contributed by atoms with Gasteiger partial charge in [-0.05, 0) is 73.7 Å². The molecule has 0 aliphatic carbocycles. The van der Waals surface area contributed by atoms with Crippen LogP contribution < -0.4 is 16.0 Å². The van der Waals surface area contributed by atoms with Crippen molar-refractivity contribution in [1.82, 2.24) is 5.32 Å². The van der Waals surface area contributed by atoms with E-state index in [4.69, 9.17) is 5.73 Å². The fraction of sp³-hybridized carbons (Fsp3) is 0.308. The number of nitrogens with two attached hydrogens (primary N) is 1. The number of anilines is 2. The van der Waals surface area contributed by atoms with E-state index >= 15 is 0 Å². The normalized spacial score (nSPS) is 18.7. The molecule has 3 nitrogen and oxygen atoms in total. The SMILES string of the molecule is Cc1ccc(N(Cc2cccc(N)c2)C[C@H]2CNC[C@@H]2Cc2ccccc2)cc1. The molecule has 1 saturated heterocycles. The van der Waals surface area contributed by atoms with Gasteiger partial charge in [-0.25, -0.2) is 0 Å². The molecule has 1 aliphatic heterocycles. The van der Waals surface area contributed by atoms with Crippen LogP contribution in [0.25, 0.3) is 0 Å². The van der Waals surface area contributed by atoms with Gasteiger partial charge >= 0.3 is 0 Å². The van der Waals surface area contributed by atoms with Crippen molar-refractivity contribution >= 4 is 11.4 Å². The van der Waals surface area contributed by atoms with Crippen LogP contribution in [0.3, 0.4) is 0 Å². The van der Waals surface area contributed by atoms with Gasteiger partial charge in [0, 0.05) is 24.5 Å². The molecule has 3 aromatic rings. The lowest BCUT2D eigenvalue weighted by molar-refractivity contribution is 0.413. The van der Waals surface area contributed by atoms with Crippen molar-refractivity contribution in [1.29, 1.82) is 0 Å². The Labute approximate surface area is 174 Å². The van der Waals surface area contributed by atoms with Crippen LogP contribution in [0.4, 0.5) is 11.4 Å². The monoisotopic (exact) mass is 385 g/mol.